The zero-order chi connectivity index (χ0) is 10.1. The molecule has 0 spiro atoms. The van der Waals surface area contributed by atoms with Crippen molar-refractivity contribution in [2.24, 2.45) is 0 Å². The van der Waals surface area contributed by atoms with Crippen LogP contribution in [-0.4, -0.2) is 17.1 Å². The lowest BCUT2D eigenvalue weighted by Gasteiger charge is -2.02. The van der Waals surface area contributed by atoms with Gasteiger partial charge in [-0.05, 0) is 18.6 Å². The van der Waals surface area contributed by atoms with Crippen molar-refractivity contribution in [2.75, 3.05) is 7.11 Å². The highest BCUT2D eigenvalue weighted by Crippen LogP contribution is 2.13. The predicted molar refractivity (Wildman–Crippen MR) is 53.7 cm³/mol. The number of hydrogen-bond donors (Lipinski definition) is 1. The maximum absolute atomic E-state index is 11.5. The number of benzene rings is 1. The van der Waals surface area contributed by atoms with Crippen molar-refractivity contribution >= 4 is 10.9 Å². The lowest BCUT2D eigenvalue weighted by molar-refractivity contribution is 0.380. The van der Waals surface area contributed by atoms with Gasteiger partial charge in [-0.1, -0.05) is 12.1 Å². The summed E-state index contributed by atoms with van der Waals surface area (Å²) in [5, 5.41) is 0.589. The summed E-state index contributed by atoms with van der Waals surface area (Å²) >= 11 is 0. The second-order valence-corrected chi connectivity index (χ2v) is 3.05. The molecule has 0 radical (unpaired) electrons. The monoisotopic (exact) mass is 190 g/mol. The van der Waals surface area contributed by atoms with Crippen molar-refractivity contribution in [1.82, 2.24) is 9.97 Å². The second-order valence-electron chi connectivity index (χ2n) is 3.05. The normalized spacial score (nSPS) is 10.4. The average Bonchev–Trinajstić information content (AvgIpc) is 2.19. The van der Waals surface area contributed by atoms with Gasteiger partial charge in [0.05, 0.1) is 18.0 Å². The molecule has 0 saturated carbocycles. The molecule has 0 saturated heterocycles. The maximum Gasteiger partial charge on any atom is 0.296 e. The topological polar surface area (TPSA) is 55.0 Å². The lowest BCUT2D eigenvalue weighted by Crippen LogP contribution is -2.09. The molecule has 4 nitrogen and oxygen atoms in total. The van der Waals surface area contributed by atoms with Crippen LogP contribution in [-0.2, 0) is 0 Å². The van der Waals surface area contributed by atoms with E-state index in [0.717, 1.165) is 5.56 Å². The number of aromatic nitrogens is 2. The van der Waals surface area contributed by atoms with Gasteiger partial charge in [-0.15, -0.1) is 0 Å². The molecule has 72 valence electrons. The van der Waals surface area contributed by atoms with Crippen molar-refractivity contribution in [3.8, 4) is 6.01 Å². The van der Waals surface area contributed by atoms with Gasteiger partial charge in [0, 0.05) is 0 Å². The Morgan fingerprint density at radius 3 is 2.93 bits per heavy atom. The second kappa shape index (κ2) is 3.14. The van der Waals surface area contributed by atoms with Gasteiger partial charge >= 0.3 is 0 Å². The van der Waals surface area contributed by atoms with Crippen LogP contribution in [0.2, 0.25) is 0 Å². The number of fused-ring (bicyclic) bond motifs is 1. The third-order valence-corrected chi connectivity index (χ3v) is 2.11. The van der Waals surface area contributed by atoms with E-state index in [0.29, 0.717) is 10.9 Å². The number of nitrogens with zero attached hydrogens (tertiary/aromatic N) is 1. The molecular weight excluding hydrogens is 180 g/mol. The third-order valence-electron chi connectivity index (χ3n) is 2.11. The first-order valence-electron chi connectivity index (χ1n) is 4.26. The SMILES string of the molecule is COc1nc2c(C)cccc2c(=O)[nH]1. The summed E-state index contributed by atoms with van der Waals surface area (Å²) in [6.45, 7) is 1.91. The molecule has 2 aromatic rings. The first-order chi connectivity index (χ1) is 6.72. The van der Waals surface area contributed by atoms with Crippen molar-refractivity contribution in [3.63, 3.8) is 0 Å². The maximum atomic E-state index is 11.5. The summed E-state index contributed by atoms with van der Waals surface area (Å²) in [7, 11) is 1.47. The zero-order valence-corrected chi connectivity index (χ0v) is 8.00. The molecule has 0 aliphatic rings. The van der Waals surface area contributed by atoms with E-state index >= 15 is 0 Å². The van der Waals surface area contributed by atoms with Crippen molar-refractivity contribution in [3.05, 3.63) is 34.1 Å². The highest BCUT2D eigenvalue weighted by atomic mass is 16.5. The predicted octanol–water partition coefficient (Wildman–Crippen LogP) is 1.24. The fraction of sp³-hybridized carbons (Fsp3) is 0.200. The minimum absolute atomic E-state index is 0.171. The summed E-state index contributed by atoms with van der Waals surface area (Å²) in [5.41, 5.74) is 1.48. The smallest absolute Gasteiger partial charge is 0.296 e. The van der Waals surface area contributed by atoms with Gasteiger partial charge in [-0.25, -0.2) is 0 Å². The number of rotatable bonds is 1. The van der Waals surface area contributed by atoms with Gasteiger partial charge in [-0.3, -0.25) is 9.78 Å². The molecule has 2 rings (SSSR count). The van der Waals surface area contributed by atoms with Crippen LogP contribution in [0.4, 0.5) is 0 Å². The fourth-order valence-electron chi connectivity index (χ4n) is 1.38. The Hall–Kier alpha value is -1.84. The Balaban J connectivity index is 2.91. The van der Waals surface area contributed by atoms with Crippen LogP contribution in [0.1, 0.15) is 5.56 Å². The number of methoxy groups -OCH3 is 1. The quantitative estimate of drug-likeness (QED) is 0.736. The standard InChI is InChI=1S/C10H10N2O2/c1-6-4-3-5-7-8(6)11-10(14-2)12-9(7)13/h3-5H,1-2H3,(H,11,12,13). The van der Waals surface area contributed by atoms with E-state index in [1.54, 1.807) is 6.07 Å². The lowest BCUT2D eigenvalue weighted by atomic mass is 10.1. The number of hydrogen-bond acceptors (Lipinski definition) is 3. The van der Waals surface area contributed by atoms with E-state index in [9.17, 15) is 4.79 Å². The fourth-order valence-corrected chi connectivity index (χ4v) is 1.38. The Bertz CT molecular complexity index is 531. The Kier molecular flexibility index (Phi) is 1.96. The van der Waals surface area contributed by atoms with Crippen LogP contribution in [0.25, 0.3) is 10.9 Å². The van der Waals surface area contributed by atoms with E-state index in [2.05, 4.69) is 9.97 Å². The average molecular weight is 190 g/mol. The molecular formula is C10H10N2O2. The summed E-state index contributed by atoms with van der Waals surface area (Å²) in [6, 6.07) is 5.74. The highest BCUT2D eigenvalue weighted by Gasteiger charge is 2.04. The van der Waals surface area contributed by atoms with E-state index in [-0.39, 0.29) is 11.6 Å². The number of ether oxygens (including phenoxy) is 1. The Morgan fingerprint density at radius 2 is 2.21 bits per heavy atom. The van der Waals surface area contributed by atoms with Crippen LogP contribution in [0.5, 0.6) is 6.01 Å². The van der Waals surface area contributed by atoms with Crippen LogP contribution in [0.15, 0.2) is 23.0 Å². The van der Waals surface area contributed by atoms with Crippen LogP contribution < -0.4 is 10.3 Å². The van der Waals surface area contributed by atoms with Crippen molar-refractivity contribution in [1.29, 1.82) is 0 Å². The molecule has 0 amide bonds. The molecule has 0 bridgehead atoms. The molecule has 1 aromatic heterocycles. The molecule has 0 fully saturated rings. The van der Waals surface area contributed by atoms with Gasteiger partial charge < -0.3 is 4.74 Å². The first kappa shape index (κ1) is 8.74. The van der Waals surface area contributed by atoms with Crippen LogP contribution >= 0.6 is 0 Å². The molecule has 0 unspecified atom stereocenters. The number of nitrogens with one attached hydrogen (secondary N) is 1. The molecule has 14 heavy (non-hydrogen) atoms. The highest BCUT2D eigenvalue weighted by molar-refractivity contribution is 5.80. The van der Waals surface area contributed by atoms with Gasteiger partial charge in [0.25, 0.3) is 11.6 Å². The van der Waals surface area contributed by atoms with Gasteiger partial charge in [0.15, 0.2) is 0 Å². The van der Waals surface area contributed by atoms with Crippen LogP contribution in [0, 0.1) is 6.92 Å². The summed E-state index contributed by atoms with van der Waals surface area (Å²) in [4.78, 5) is 18.2. The van der Waals surface area contributed by atoms with Crippen molar-refractivity contribution in [2.45, 2.75) is 6.92 Å². The van der Waals surface area contributed by atoms with Crippen LogP contribution in [0.3, 0.4) is 0 Å². The molecule has 4 heteroatoms. The molecule has 0 atom stereocenters. The summed E-state index contributed by atoms with van der Waals surface area (Å²) in [6.07, 6.45) is 0. The number of H-pyrrole nitrogens is 1. The molecule has 0 aliphatic carbocycles. The van der Waals surface area contributed by atoms with Gasteiger partial charge in [-0.2, -0.15) is 4.98 Å². The Labute approximate surface area is 80.6 Å². The molecule has 1 heterocycles. The zero-order valence-electron chi connectivity index (χ0n) is 8.00. The largest absolute Gasteiger partial charge is 0.468 e. The van der Waals surface area contributed by atoms with E-state index in [1.165, 1.54) is 7.11 Å². The Morgan fingerprint density at radius 1 is 1.43 bits per heavy atom. The summed E-state index contributed by atoms with van der Waals surface area (Å²) < 4.78 is 4.89. The molecule has 0 aliphatic heterocycles. The number of aryl methyl sites for hydroxylation is 1. The number of aromatic amines is 1. The van der Waals surface area contributed by atoms with E-state index in [1.807, 2.05) is 19.1 Å². The van der Waals surface area contributed by atoms with Crippen molar-refractivity contribution < 1.29 is 4.74 Å². The van der Waals surface area contributed by atoms with E-state index in [4.69, 9.17) is 4.74 Å². The third kappa shape index (κ3) is 1.25. The van der Waals surface area contributed by atoms with E-state index < -0.39 is 0 Å². The minimum Gasteiger partial charge on any atom is -0.468 e. The molecule has 1 aromatic carbocycles. The summed E-state index contributed by atoms with van der Waals surface area (Å²) in [5.74, 6) is 0. The number of para-hydroxylation sites is 1. The minimum atomic E-state index is -0.171. The van der Waals surface area contributed by atoms with Gasteiger partial charge in [0.1, 0.15) is 0 Å². The molecule has 1 N–H and O–H groups in total. The first-order valence-corrected chi connectivity index (χ1v) is 4.26. The van der Waals surface area contributed by atoms with Gasteiger partial charge in [0.2, 0.25) is 0 Å².